The van der Waals surface area contributed by atoms with Crippen LogP contribution in [0.2, 0.25) is 10.0 Å². The Morgan fingerprint density at radius 1 is 1.38 bits per heavy atom. The monoisotopic (exact) mass is 222 g/mol. The van der Waals surface area contributed by atoms with Gasteiger partial charge in [-0.2, -0.15) is 0 Å². The molecule has 2 nitrogen and oxygen atoms in total. The summed E-state index contributed by atoms with van der Waals surface area (Å²) in [6.07, 6.45) is 0. The molecular formula is C8H5Cl2FO2. The van der Waals surface area contributed by atoms with Crippen molar-refractivity contribution >= 4 is 29.0 Å². The SMILES string of the molecule is O=C(CO)c1cc(F)c(Cl)cc1Cl. The molecular weight excluding hydrogens is 218 g/mol. The van der Waals surface area contributed by atoms with Crippen molar-refractivity contribution in [3.63, 3.8) is 0 Å². The highest BCUT2D eigenvalue weighted by molar-refractivity contribution is 6.36. The fourth-order valence-corrected chi connectivity index (χ4v) is 1.31. The Balaban J connectivity index is 3.23. The summed E-state index contributed by atoms with van der Waals surface area (Å²) < 4.78 is 12.8. The van der Waals surface area contributed by atoms with Crippen LogP contribution in [-0.4, -0.2) is 17.5 Å². The van der Waals surface area contributed by atoms with Crippen LogP contribution in [0.5, 0.6) is 0 Å². The van der Waals surface area contributed by atoms with Gasteiger partial charge in [0.25, 0.3) is 0 Å². The van der Waals surface area contributed by atoms with Crippen molar-refractivity contribution in [3.8, 4) is 0 Å². The minimum absolute atomic E-state index is 0.0328. The first kappa shape index (κ1) is 10.4. The first-order valence-electron chi connectivity index (χ1n) is 3.35. The molecule has 0 aliphatic rings. The van der Waals surface area contributed by atoms with Gasteiger partial charge >= 0.3 is 0 Å². The van der Waals surface area contributed by atoms with Gasteiger partial charge in [0.1, 0.15) is 12.4 Å². The van der Waals surface area contributed by atoms with E-state index in [9.17, 15) is 9.18 Å². The van der Waals surface area contributed by atoms with E-state index in [1.807, 2.05) is 0 Å². The molecule has 1 aromatic carbocycles. The average molecular weight is 223 g/mol. The minimum Gasteiger partial charge on any atom is -0.388 e. The predicted octanol–water partition coefficient (Wildman–Crippen LogP) is 2.31. The van der Waals surface area contributed by atoms with Crippen LogP contribution in [0.3, 0.4) is 0 Å². The maximum absolute atomic E-state index is 12.8. The Morgan fingerprint density at radius 3 is 2.54 bits per heavy atom. The number of aliphatic hydroxyl groups excluding tert-OH is 1. The molecule has 13 heavy (non-hydrogen) atoms. The van der Waals surface area contributed by atoms with Gasteiger partial charge in [0.05, 0.1) is 10.0 Å². The molecule has 0 amide bonds. The van der Waals surface area contributed by atoms with Crippen LogP contribution in [-0.2, 0) is 0 Å². The Hall–Kier alpha value is -0.640. The molecule has 0 heterocycles. The maximum atomic E-state index is 12.8. The highest BCUT2D eigenvalue weighted by Gasteiger charge is 2.12. The third-order valence-electron chi connectivity index (χ3n) is 1.45. The lowest BCUT2D eigenvalue weighted by atomic mass is 10.1. The number of benzene rings is 1. The van der Waals surface area contributed by atoms with Crippen LogP contribution < -0.4 is 0 Å². The molecule has 0 aromatic heterocycles. The summed E-state index contributed by atoms with van der Waals surface area (Å²) in [5.41, 5.74) is -0.0638. The number of aliphatic hydroxyl groups is 1. The second-order valence-corrected chi connectivity index (χ2v) is 3.14. The fourth-order valence-electron chi connectivity index (χ4n) is 0.821. The molecule has 0 aliphatic heterocycles. The second kappa shape index (κ2) is 4.05. The van der Waals surface area contributed by atoms with Crippen LogP contribution in [0.25, 0.3) is 0 Å². The van der Waals surface area contributed by atoms with E-state index in [0.717, 1.165) is 12.1 Å². The molecule has 0 atom stereocenters. The number of Topliss-reactive ketones (excluding diaryl/α,β-unsaturated/α-hetero) is 1. The smallest absolute Gasteiger partial charge is 0.189 e. The number of carbonyl (C=O) groups excluding carboxylic acids is 1. The lowest BCUT2D eigenvalue weighted by molar-refractivity contribution is 0.0903. The summed E-state index contributed by atoms with van der Waals surface area (Å²) in [7, 11) is 0. The third-order valence-corrected chi connectivity index (χ3v) is 2.06. The van der Waals surface area contributed by atoms with Crippen molar-refractivity contribution in [1.82, 2.24) is 0 Å². The van der Waals surface area contributed by atoms with Crippen molar-refractivity contribution in [2.75, 3.05) is 6.61 Å². The summed E-state index contributed by atoms with van der Waals surface area (Å²) in [5.74, 6) is -1.37. The van der Waals surface area contributed by atoms with Gasteiger partial charge in [0.2, 0.25) is 0 Å². The third kappa shape index (κ3) is 2.18. The molecule has 0 unspecified atom stereocenters. The van der Waals surface area contributed by atoms with E-state index in [0.29, 0.717) is 0 Å². The maximum Gasteiger partial charge on any atom is 0.189 e. The molecule has 0 saturated carbocycles. The Bertz CT molecular complexity index is 352. The van der Waals surface area contributed by atoms with Gasteiger partial charge in [-0.3, -0.25) is 4.79 Å². The van der Waals surface area contributed by atoms with Gasteiger partial charge in [-0.15, -0.1) is 0 Å². The Morgan fingerprint density at radius 2 is 2.00 bits per heavy atom. The van der Waals surface area contributed by atoms with Crippen molar-refractivity contribution in [2.24, 2.45) is 0 Å². The van der Waals surface area contributed by atoms with E-state index in [1.165, 1.54) is 0 Å². The van der Waals surface area contributed by atoms with Crippen LogP contribution in [0.4, 0.5) is 4.39 Å². The molecule has 0 bridgehead atoms. The molecule has 0 spiro atoms. The number of ketones is 1. The Labute approximate surface area is 83.9 Å². The zero-order chi connectivity index (χ0) is 10.0. The molecule has 0 aliphatic carbocycles. The molecule has 1 N–H and O–H groups in total. The summed E-state index contributed by atoms with van der Waals surface area (Å²) in [6.45, 7) is -0.708. The number of hydrogen-bond donors (Lipinski definition) is 1. The van der Waals surface area contributed by atoms with Gasteiger partial charge in [-0.1, -0.05) is 23.2 Å². The summed E-state index contributed by atoms with van der Waals surface area (Å²) in [6, 6.07) is 2.03. The molecule has 1 rings (SSSR count). The molecule has 1 aromatic rings. The van der Waals surface area contributed by atoms with E-state index in [4.69, 9.17) is 28.3 Å². The van der Waals surface area contributed by atoms with Crippen molar-refractivity contribution in [3.05, 3.63) is 33.6 Å². The number of hydrogen-bond acceptors (Lipinski definition) is 2. The average Bonchev–Trinajstić information content (AvgIpc) is 2.10. The minimum atomic E-state index is -0.733. The normalized spacial score (nSPS) is 10.2. The second-order valence-electron chi connectivity index (χ2n) is 2.33. The first-order chi connectivity index (χ1) is 6.06. The van der Waals surface area contributed by atoms with Gasteiger partial charge in [0.15, 0.2) is 5.78 Å². The molecule has 0 saturated heterocycles. The lowest BCUT2D eigenvalue weighted by Crippen LogP contribution is -2.05. The fraction of sp³-hybridized carbons (Fsp3) is 0.125. The summed E-state index contributed by atoms with van der Waals surface area (Å²) in [4.78, 5) is 11.0. The lowest BCUT2D eigenvalue weighted by Gasteiger charge is -2.02. The summed E-state index contributed by atoms with van der Waals surface area (Å²) >= 11 is 11.0. The van der Waals surface area contributed by atoms with Gasteiger partial charge in [0, 0.05) is 5.56 Å². The number of halogens is 3. The highest BCUT2D eigenvalue weighted by Crippen LogP contribution is 2.24. The van der Waals surface area contributed by atoms with Crippen molar-refractivity contribution in [1.29, 1.82) is 0 Å². The zero-order valence-electron chi connectivity index (χ0n) is 6.35. The van der Waals surface area contributed by atoms with E-state index in [1.54, 1.807) is 0 Å². The topological polar surface area (TPSA) is 37.3 Å². The highest BCUT2D eigenvalue weighted by atomic mass is 35.5. The van der Waals surface area contributed by atoms with E-state index in [2.05, 4.69) is 0 Å². The van der Waals surface area contributed by atoms with Crippen LogP contribution in [0, 0.1) is 5.82 Å². The Kier molecular flexibility index (Phi) is 3.25. The van der Waals surface area contributed by atoms with Gasteiger partial charge in [-0.25, -0.2) is 4.39 Å². The number of carbonyl (C=O) groups is 1. The molecule has 0 fully saturated rings. The van der Waals surface area contributed by atoms with E-state index >= 15 is 0 Å². The first-order valence-corrected chi connectivity index (χ1v) is 4.10. The van der Waals surface area contributed by atoms with Gasteiger partial charge < -0.3 is 5.11 Å². The molecule has 5 heteroatoms. The van der Waals surface area contributed by atoms with Crippen molar-refractivity contribution in [2.45, 2.75) is 0 Å². The van der Waals surface area contributed by atoms with Gasteiger partial charge in [-0.05, 0) is 12.1 Å². The summed E-state index contributed by atoms with van der Waals surface area (Å²) in [5, 5.41) is 8.39. The molecule has 70 valence electrons. The van der Waals surface area contributed by atoms with Crippen LogP contribution in [0.1, 0.15) is 10.4 Å². The zero-order valence-corrected chi connectivity index (χ0v) is 7.86. The standard InChI is InChI=1S/C8H5Cl2FO2/c9-5-2-6(10)7(11)1-4(5)8(13)3-12/h1-2,12H,3H2. The molecule has 0 radical (unpaired) electrons. The van der Waals surface area contributed by atoms with Crippen molar-refractivity contribution < 1.29 is 14.3 Å². The predicted molar refractivity (Wildman–Crippen MR) is 47.8 cm³/mol. The van der Waals surface area contributed by atoms with Crippen LogP contribution >= 0.6 is 23.2 Å². The quantitative estimate of drug-likeness (QED) is 0.616. The number of rotatable bonds is 2. The van der Waals surface area contributed by atoms with Crippen LogP contribution in [0.15, 0.2) is 12.1 Å². The van der Waals surface area contributed by atoms with E-state index in [-0.39, 0.29) is 15.6 Å². The van der Waals surface area contributed by atoms with E-state index < -0.39 is 18.2 Å². The largest absolute Gasteiger partial charge is 0.388 e.